The third-order valence-electron chi connectivity index (χ3n) is 2.94. The molecule has 0 aliphatic carbocycles. The smallest absolute Gasteiger partial charge is 0.152 e. The van der Waals surface area contributed by atoms with Crippen molar-refractivity contribution in [3.05, 3.63) is 28.8 Å². The molecular weight excluding hydrogens is 226 g/mol. The molecule has 1 atom stereocenters. The van der Waals surface area contributed by atoms with Gasteiger partial charge in [-0.1, -0.05) is 17.7 Å². The number of hydrogen-bond acceptors (Lipinski definition) is 3. The number of para-hydroxylation sites is 1. The molecule has 1 aliphatic heterocycles. The summed E-state index contributed by atoms with van der Waals surface area (Å²) in [6.07, 6.45) is 2.05. The second-order valence-electron chi connectivity index (χ2n) is 3.89. The number of anilines is 1. The lowest BCUT2D eigenvalue weighted by atomic mass is 10.2. The molecule has 0 spiro atoms. The van der Waals surface area contributed by atoms with Crippen molar-refractivity contribution in [3.8, 4) is 0 Å². The van der Waals surface area contributed by atoms with Crippen LogP contribution in [0, 0.1) is 0 Å². The van der Waals surface area contributed by atoms with E-state index in [0.717, 1.165) is 31.5 Å². The number of nitrogens with zero attached hydrogens (tertiary/aromatic N) is 1. The standard InChI is InChI=1S/C12H14ClNO2/c1-16-10-5-6-14(7-10)12-9(8-15)3-2-4-11(12)13/h2-4,8,10H,5-7H2,1H3. The van der Waals surface area contributed by atoms with Crippen LogP contribution >= 0.6 is 11.6 Å². The predicted octanol–water partition coefficient (Wildman–Crippen LogP) is 2.38. The van der Waals surface area contributed by atoms with Crippen molar-refractivity contribution in [1.29, 1.82) is 0 Å². The Bertz CT molecular complexity index is 395. The molecule has 1 aromatic rings. The highest BCUT2D eigenvalue weighted by Crippen LogP contribution is 2.31. The van der Waals surface area contributed by atoms with Crippen LogP contribution in [0.25, 0.3) is 0 Å². The summed E-state index contributed by atoms with van der Waals surface area (Å²) in [5, 5.41) is 0.626. The number of methoxy groups -OCH3 is 1. The van der Waals surface area contributed by atoms with E-state index in [1.807, 2.05) is 6.07 Å². The van der Waals surface area contributed by atoms with E-state index in [2.05, 4.69) is 4.90 Å². The first-order valence-corrected chi connectivity index (χ1v) is 5.65. The van der Waals surface area contributed by atoms with Gasteiger partial charge in [0.1, 0.15) is 0 Å². The second-order valence-corrected chi connectivity index (χ2v) is 4.30. The topological polar surface area (TPSA) is 29.5 Å². The Morgan fingerprint density at radius 2 is 2.38 bits per heavy atom. The number of halogens is 1. The molecule has 0 bridgehead atoms. The largest absolute Gasteiger partial charge is 0.380 e. The summed E-state index contributed by atoms with van der Waals surface area (Å²) in [6.45, 7) is 1.67. The van der Waals surface area contributed by atoms with Crippen LogP contribution in [0.15, 0.2) is 18.2 Å². The van der Waals surface area contributed by atoms with Gasteiger partial charge in [-0.15, -0.1) is 0 Å². The molecule has 0 saturated carbocycles. The van der Waals surface area contributed by atoms with Crippen molar-refractivity contribution in [1.82, 2.24) is 0 Å². The van der Waals surface area contributed by atoms with E-state index in [9.17, 15) is 4.79 Å². The monoisotopic (exact) mass is 239 g/mol. The summed E-state index contributed by atoms with van der Waals surface area (Å²) in [4.78, 5) is 13.1. The summed E-state index contributed by atoms with van der Waals surface area (Å²) in [5.41, 5.74) is 1.47. The van der Waals surface area contributed by atoms with E-state index in [4.69, 9.17) is 16.3 Å². The van der Waals surface area contributed by atoms with Crippen LogP contribution in [0.3, 0.4) is 0 Å². The molecular formula is C12H14ClNO2. The fraction of sp³-hybridized carbons (Fsp3) is 0.417. The summed E-state index contributed by atoms with van der Waals surface area (Å²) in [6, 6.07) is 5.39. The molecule has 86 valence electrons. The number of rotatable bonds is 3. The van der Waals surface area contributed by atoms with Crippen molar-refractivity contribution < 1.29 is 9.53 Å². The number of hydrogen-bond donors (Lipinski definition) is 0. The second kappa shape index (κ2) is 4.85. The van der Waals surface area contributed by atoms with Gasteiger partial charge in [0, 0.05) is 25.8 Å². The van der Waals surface area contributed by atoms with Crippen molar-refractivity contribution in [2.24, 2.45) is 0 Å². The molecule has 16 heavy (non-hydrogen) atoms. The van der Waals surface area contributed by atoms with Crippen LogP contribution in [0.4, 0.5) is 5.69 Å². The molecule has 0 amide bonds. The molecule has 1 aromatic carbocycles. The highest BCUT2D eigenvalue weighted by molar-refractivity contribution is 6.33. The van der Waals surface area contributed by atoms with Crippen LogP contribution in [0.5, 0.6) is 0 Å². The van der Waals surface area contributed by atoms with Crippen LogP contribution < -0.4 is 4.90 Å². The van der Waals surface area contributed by atoms with Gasteiger partial charge in [0.15, 0.2) is 6.29 Å². The van der Waals surface area contributed by atoms with Crippen LogP contribution in [0.1, 0.15) is 16.8 Å². The van der Waals surface area contributed by atoms with E-state index < -0.39 is 0 Å². The first-order valence-electron chi connectivity index (χ1n) is 5.27. The summed E-state index contributed by atoms with van der Waals surface area (Å²) in [5.74, 6) is 0. The number of carbonyl (C=O) groups is 1. The van der Waals surface area contributed by atoms with E-state index in [1.54, 1.807) is 19.2 Å². The highest BCUT2D eigenvalue weighted by Gasteiger charge is 2.25. The first-order chi connectivity index (χ1) is 7.76. The lowest BCUT2D eigenvalue weighted by Gasteiger charge is -2.21. The minimum Gasteiger partial charge on any atom is -0.380 e. The van der Waals surface area contributed by atoms with Crippen molar-refractivity contribution >= 4 is 23.6 Å². The van der Waals surface area contributed by atoms with Gasteiger partial charge in [0.2, 0.25) is 0 Å². The number of ether oxygens (including phenoxy) is 1. The maximum absolute atomic E-state index is 11.0. The Balaban J connectivity index is 2.30. The Kier molecular flexibility index (Phi) is 3.46. The molecule has 1 saturated heterocycles. The Hall–Kier alpha value is -1.06. The SMILES string of the molecule is COC1CCN(c2c(Cl)cccc2C=O)C1. The molecule has 0 radical (unpaired) electrons. The van der Waals surface area contributed by atoms with E-state index in [1.165, 1.54) is 0 Å². The fourth-order valence-electron chi connectivity index (χ4n) is 2.08. The zero-order valence-electron chi connectivity index (χ0n) is 9.15. The highest BCUT2D eigenvalue weighted by atomic mass is 35.5. The van der Waals surface area contributed by atoms with Gasteiger partial charge in [-0.3, -0.25) is 4.79 Å². The van der Waals surface area contributed by atoms with Crippen molar-refractivity contribution in [3.63, 3.8) is 0 Å². The van der Waals surface area contributed by atoms with Gasteiger partial charge in [-0.05, 0) is 18.6 Å². The Labute approximate surface area is 100.0 Å². The zero-order chi connectivity index (χ0) is 11.5. The van der Waals surface area contributed by atoms with Crippen molar-refractivity contribution in [2.75, 3.05) is 25.1 Å². The zero-order valence-corrected chi connectivity index (χ0v) is 9.91. The summed E-state index contributed by atoms with van der Waals surface area (Å²) >= 11 is 6.14. The van der Waals surface area contributed by atoms with Gasteiger partial charge in [0.25, 0.3) is 0 Å². The third-order valence-corrected chi connectivity index (χ3v) is 3.24. The molecule has 3 nitrogen and oxygen atoms in total. The molecule has 0 aromatic heterocycles. The van der Waals surface area contributed by atoms with E-state index in [0.29, 0.717) is 10.6 Å². The minimum absolute atomic E-state index is 0.232. The van der Waals surface area contributed by atoms with E-state index in [-0.39, 0.29) is 6.10 Å². The predicted molar refractivity (Wildman–Crippen MR) is 64.5 cm³/mol. The number of aldehydes is 1. The van der Waals surface area contributed by atoms with Gasteiger partial charge in [0.05, 0.1) is 16.8 Å². The summed E-state index contributed by atoms with van der Waals surface area (Å²) < 4.78 is 5.30. The van der Waals surface area contributed by atoms with Crippen LogP contribution in [0.2, 0.25) is 5.02 Å². The van der Waals surface area contributed by atoms with Crippen LogP contribution in [-0.4, -0.2) is 32.6 Å². The molecule has 1 heterocycles. The quantitative estimate of drug-likeness (QED) is 0.759. The lowest BCUT2D eigenvalue weighted by molar-refractivity contribution is 0.112. The average Bonchev–Trinajstić information content (AvgIpc) is 2.76. The van der Waals surface area contributed by atoms with Crippen molar-refractivity contribution in [2.45, 2.75) is 12.5 Å². The summed E-state index contributed by atoms with van der Waals surface area (Å²) in [7, 11) is 1.71. The fourth-order valence-corrected chi connectivity index (χ4v) is 2.39. The molecule has 2 rings (SSSR count). The normalized spacial score (nSPS) is 20.1. The average molecular weight is 240 g/mol. The van der Waals surface area contributed by atoms with Gasteiger partial charge >= 0.3 is 0 Å². The lowest BCUT2D eigenvalue weighted by Crippen LogP contribution is -2.23. The number of benzene rings is 1. The first kappa shape index (κ1) is 11.4. The van der Waals surface area contributed by atoms with Crippen LogP contribution in [-0.2, 0) is 4.74 Å². The Morgan fingerprint density at radius 1 is 1.56 bits per heavy atom. The Morgan fingerprint density at radius 3 is 3.00 bits per heavy atom. The minimum atomic E-state index is 0.232. The maximum atomic E-state index is 11.0. The van der Waals surface area contributed by atoms with Gasteiger partial charge < -0.3 is 9.64 Å². The maximum Gasteiger partial charge on any atom is 0.152 e. The van der Waals surface area contributed by atoms with Gasteiger partial charge in [-0.25, -0.2) is 0 Å². The van der Waals surface area contributed by atoms with E-state index >= 15 is 0 Å². The molecule has 1 unspecified atom stereocenters. The third kappa shape index (κ3) is 2.06. The molecule has 1 fully saturated rings. The van der Waals surface area contributed by atoms with Gasteiger partial charge in [-0.2, -0.15) is 0 Å². The molecule has 1 aliphatic rings. The molecule has 4 heteroatoms. The number of carbonyl (C=O) groups excluding carboxylic acids is 1. The molecule has 0 N–H and O–H groups in total.